The van der Waals surface area contributed by atoms with Crippen molar-refractivity contribution >= 4 is 28.6 Å². The van der Waals surface area contributed by atoms with Crippen LogP contribution >= 0.6 is 0 Å². The number of benzene rings is 2. The highest BCUT2D eigenvalue weighted by Crippen LogP contribution is 2.25. The number of anilines is 1. The van der Waals surface area contributed by atoms with Crippen LogP contribution in [-0.2, 0) is 11.2 Å². The average Bonchev–Trinajstić information content (AvgIpc) is 2.75. The normalized spacial score (nSPS) is 11.2. The van der Waals surface area contributed by atoms with Crippen LogP contribution in [0, 0.1) is 12.7 Å². The third-order valence-electron chi connectivity index (χ3n) is 5.38. The maximum atomic E-state index is 13.6. The van der Waals surface area contributed by atoms with Crippen molar-refractivity contribution in [1.29, 1.82) is 0 Å². The van der Waals surface area contributed by atoms with E-state index in [9.17, 15) is 14.0 Å². The van der Waals surface area contributed by atoms with Crippen molar-refractivity contribution in [1.82, 2.24) is 5.32 Å². The minimum atomic E-state index is -0.489. The van der Waals surface area contributed by atoms with Gasteiger partial charge in [0, 0.05) is 42.9 Å². The van der Waals surface area contributed by atoms with Gasteiger partial charge in [-0.1, -0.05) is 18.2 Å². The Kier molecular flexibility index (Phi) is 7.23. The molecule has 31 heavy (non-hydrogen) atoms. The summed E-state index contributed by atoms with van der Waals surface area (Å²) in [6.45, 7) is 8.00. The molecule has 0 radical (unpaired) electrons. The van der Waals surface area contributed by atoms with Crippen LogP contribution in [0.25, 0.3) is 17.0 Å². The molecule has 0 fully saturated rings. The molecule has 1 heterocycles. The molecule has 0 bridgehead atoms. The smallest absolute Gasteiger partial charge is 0.343 e. The first-order valence-corrected chi connectivity index (χ1v) is 10.5. The van der Waals surface area contributed by atoms with Gasteiger partial charge in [0.1, 0.15) is 11.4 Å². The molecule has 0 aliphatic heterocycles. The van der Waals surface area contributed by atoms with Crippen LogP contribution in [0.1, 0.15) is 30.5 Å². The zero-order valence-corrected chi connectivity index (χ0v) is 18.1. The average molecular weight is 423 g/mol. The van der Waals surface area contributed by atoms with E-state index in [-0.39, 0.29) is 11.7 Å². The quantitative estimate of drug-likeness (QED) is 0.430. The molecule has 5 nitrogen and oxygen atoms in total. The summed E-state index contributed by atoms with van der Waals surface area (Å²) in [5, 5.41) is 3.54. The van der Waals surface area contributed by atoms with Gasteiger partial charge in [-0.25, -0.2) is 9.18 Å². The van der Waals surface area contributed by atoms with Crippen LogP contribution in [0.3, 0.4) is 0 Å². The molecular formula is C25H27FN2O3. The van der Waals surface area contributed by atoms with E-state index in [4.69, 9.17) is 4.42 Å². The number of halogens is 1. The molecule has 0 saturated heterocycles. The molecule has 1 N–H and O–H groups in total. The predicted octanol–water partition coefficient (Wildman–Crippen LogP) is 4.46. The van der Waals surface area contributed by atoms with Gasteiger partial charge in [0.05, 0.1) is 5.56 Å². The van der Waals surface area contributed by atoms with E-state index in [0.717, 1.165) is 29.7 Å². The fraction of sp³-hybridized carbons (Fsp3) is 0.280. The number of aryl methyl sites for hydroxylation is 1. The molecule has 0 saturated carbocycles. The van der Waals surface area contributed by atoms with Gasteiger partial charge in [0.2, 0.25) is 5.91 Å². The van der Waals surface area contributed by atoms with Crippen LogP contribution in [0.4, 0.5) is 10.1 Å². The minimum Gasteiger partial charge on any atom is -0.422 e. The second-order valence-corrected chi connectivity index (χ2v) is 7.25. The molecule has 0 aliphatic carbocycles. The van der Waals surface area contributed by atoms with Gasteiger partial charge in [-0.2, -0.15) is 0 Å². The van der Waals surface area contributed by atoms with Crippen LogP contribution in [0.2, 0.25) is 0 Å². The molecule has 0 spiro atoms. The van der Waals surface area contributed by atoms with Gasteiger partial charge in [0.25, 0.3) is 0 Å². The fourth-order valence-corrected chi connectivity index (χ4v) is 3.58. The fourth-order valence-electron chi connectivity index (χ4n) is 3.58. The monoisotopic (exact) mass is 422 g/mol. The van der Waals surface area contributed by atoms with Crippen molar-refractivity contribution in [2.45, 2.75) is 27.2 Å². The highest BCUT2D eigenvalue weighted by Gasteiger charge is 2.12. The van der Waals surface area contributed by atoms with E-state index in [1.54, 1.807) is 18.2 Å². The van der Waals surface area contributed by atoms with Gasteiger partial charge >= 0.3 is 5.63 Å². The van der Waals surface area contributed by atoms with E-state index in [2.05, 4.69) is 24.1 Å². The summed E-state index contributed by atoms with van der Waals surface area (Å²) in [6, 6.07) is 12.3. The molecule has 1 amide bonds. The van der Waals surface area contributed by atoms with Crippen molar-refractivity contribution in [3.05, 3.63) is 81.5 Å². The Balaban J connectivity index is 1.73. The molecule has 3 rings (SSSR count). The molecule has 2 aromatic carbocycles. The van der Waals surface area contributed by atoms with E-state index >= 15 is 0 Å². The third-order valence-corrected chi connectivity index (χ3v) is 5.38. The number of rotatable bonds is 8. The summed E-state index contributed by atoms with van der Waals surface area (Å²) >= 11 is 0. The second kappa shape index (κ2) is 10.1. The minimum absolute atomic E-state index is 0.291. The first kappa shape index (κ1) is 22.3. The number of carbonyl (C=O) groups is 1. The number of carbonyl (C=O) groups excluding carboxylic acids is 1. The Morgan fingerprint density at radius 2 is 1.90 bits per heavy atom. The van der Waals surface area contributed by atoms with Crippen molar-refractivity contribution in [3.63, 3.8) is 0 Å². The largest absolute Gasteiger partial charge is 0.422 e. The molecule has 3 aromatic rings. The lowest BCUT2D eigenvalue weighted by Crippen LogP contribution is -2.24. The molecule has 0 unspecified atom stereocenters. The molecule has 162 valence electrons. The lowest BCUT2D eigenvalue weighted by molar-refractivity contribution is -0.116. The number of nitrogens with one attached hydrogen (secondary N) is 1. The Bertz CT molecular complexity index is 1160. The summed E-state index contributed by atoms with van der Waals surface area (Å²) < 4.78 is 19.2. The van der Waals surface area contributed by atoms with Crippen LogP contribution in [0.15, 0.2) is 57.8 Å². The molecular weight excluding hydrogens is 395 g/mol. The number of nitrogens with zero attached hydrogens (tertiary/aromatic N) is 1. The third kappa shape index (κ3) is 5.20. The Morgan fingerprint density at radius 3 is 2.61 bits per heavy atom. The van der Waals surface area contributed by atoms with E-state index in [1.807, 2.05) is 25.1 Å². The van der Waals surface area contributed by atoms with Gasteiger partial charge in [0.15, 0.2) is 0 Å². The van der Waals surface area contributed by atoms with Crippen molar-refractivity contribution < 1.29 is 13.6 Å². The van der Waals surface area contributed by atoms with Gasteiger partial charge in [-0.05, 0) is 62.6 Å². The van der Waals surface area contributed by atoms with Crippen molar-refractivity contribution in [3.8, 4) is 0 Å². The maximum absolute atomic E-state index is 13.6. The van der Waals surface area contributed by atoms with Crippen molar-refractivity contribution in [2.75, 3.05) is 24.5 Å². The molecule has 1 aromatic heterocycles. The summed E-state index contributed by atoms with van der Waals surface area (Å²) in [5.74, 6) is -0.645. The second-order valence-electron chi connectivity index (χ2n) is 7.25. The number of amides is 1. The zero-order chi connectivity index (χ0) is 22.4. The standard InChI is InChI=1S/C25H27FN2O3/c1-4-28(5-2)19-10-11-20-17(3)21(25(30)31-23(20)16-19)12-13-24(29)27-15-14-18-8-6-7-9-22(18)26/h6-13,16H,4-5,14-15H2,1-3H3,(H,27,29). The lowest BCUT2D eigenvalue weighted by Gasteiger charge is -2.21. The Morgan fingerprint density at radius 1 is 1.16 bits per heavy atom. The van der Waals surface area contributed by atoms with E-state index in [1.165, 1.54) is 18.2 Å². The van der Waals surface area contributed by atoms with Crippen LogP contribution < -0.4 is 15.8 Å². The Hall–Kier alpha value is -3.41. The summed E-state index contributed by atoms with van der Waals surface area (Å²) in [4.78, 5) is 26.8. The first-order valence-electron chi connectivity index (χ1n) is 10.5. The molecule has 0 atom stereocenters. The number of hydrogen-bond donors (Lipinski definition) is 1. The first-order chi connectivity index (χ1) is 14.9. The highest BCUT2D eigenvalue weighted by molar-refractivity contribution is 5.93. The number of hydrogen-bond acceptors (Lipinski definition) is 4. The zero-order valence-electron chi connectivity index (χ0n) is 18.1. The van der Waals surface area contributed by atoms with Crippen molar-refractivity contribution in [2.24, 2.45) is 0 Å². The Labute approximate surface area is 181 Å². The summed E-state index contributed by atoms with van der Waals surface area (Å²) in [6.07, 6.45) is 3.16. The van der Waals surface area contributed by atoms with E-state index in [0.29, 0.717) is 29.7 Å². The summed E-state index contributed by atoms with van der Waals surface area (Å²) in [7, 11) is 0. The highest BCUT2D eigenvalue weighted by atomic mass is 19.1. The SMILES string of the molecule is CCN(CC)c1ccc2c(C)c(C=CC(=O)NCCc3ccccc3F)c(=O)oc2c1. The summed E-state index contributed by atoms with van der Waals surface area (Å²) in [5.41, 5.74) is 2.68. The number of fused-ring (bicyclic) bond motifs is 1. The van der Waals surface area contributed by atoms with Gasteiger partial charge in [-0.3, -0.25) is 4.79 Å². The predicted molar refractivity (Wildman–Crippen MR) is 123 cm³/mol. The van der Waals surface area contributed by atoms with Crippen LogP contribution in [0.5, 0.6) is 0 Å². The van der Waals surface area contributed by atoms with Gasteiger partial charge < -0.3 is 14.6 Å². The molecule has 6 heteroatoms. The van der Waals surface area contributed by atoms with E-state index < -0.39 is 5.63 Å². The van der Waals surface area contributed by atoms with Gasteiger partial charge in [-0.15, -0.1) is 0 Å². The van der Waals surface area contributed by atoms with Crippen LogP contribution in [-0.4, -0.2) is 25.5 Å². The molecule has 0 aliphatic rings. The maximum Gasteiger partial charge on any atom is 0.343 e. The topological polar surface area (TPSA) is 62.6 Å². The lowest BCUT2D eigenvalue weighted by atomic mass is 10.0.